The van der Waals surface area contributed by atoms with Crippen molar-refractivity contribution in [1.29, 1.82) is 0 Å². The quantitative estimate of drug-likeness (QED) is 0.744. The first-order valence-electron chi connectivity index (χ1n) is 7.84. The number of amides is 1. The van der Waals surface area contributed by atoms with E-state index in [2.05, 4.69) is 15.5 Å². The second-order valence-electron chi connectivity index (χ2n) is 6.07. The first-order chi connectivity index (χ1) is 12.3. The summed E-state index contributed by atoms with van der Waals surface area (Å²) in [5, 5.41) is 10.7. The molecular formula is C18H18N4O3S. The molecule has 3 rings (SSSR count). The molecular weight excluding hydrogens is 352 g/mol. The second kappa shape index (κ2) is 7.09. The smallest absolute Gasteiger partial charge is 0.255 e. The van der Waals surface area contributed by atoms with Crippen LogP contribution in [0.1, 0.15) is 15.9 Å². The summed E-state index contributed by atoms with van der Waals surface area (Å²) in [6.45, 7) is 0. The molecule has 26 heavy (non-hydrogen) atoms. The van der Waals surface area contributed by atoms with Gasteiger partial charge in [0.15, 0.2) is 15.7 Å². The Morgan fingerprint density at radius 3 is 2.50 bits per heavy atom. The molecule has 134 valence electrons. The van der Waals surface area contributed by atoms with Crippen molar-refractivity contribution in [2.24, 2.45) is 7.05 Å². The Bertz CT molecular complexity index is 1040. The van der Waals surface area contributed by atoms with Gasteiger partial charge in [-0.25, -0.2) is 8.42 Å². The highest BCUT2D eigenvalue weighted by molar-refractivity contribution is 7.89. The van der Waals surface area contributed by atoms with E-state index >= 15 is 0 Å². The molecule has 0 aliphatic carbocycles. The minimum atomic E-state index is -3.10. The molecule has 2 aromatic carbocycles. The topological polar surface area (TPSA) is 93.9 Å². The molecule has 3 aromatic rings. The molecule has 0 fully saturated rings. The van der Waals surface area contributed by atoms with Crippen LogP contribution in [0.4, 0.5) is 5.69 Å². The number of anilines is 1. The van der Waals surface area contributed by atoms with Crippen LogP contribution in [-0.4, -0.2) is 35.3 Å². The Hall–Kier alpha value is -3.00. The number of aromatic nitrogens is 3. The number of benzene rings is 2. The van der Waals surface area contributed by atoms with Crippen LogP contribution < -0.4 is 5.32 Å². The van der Waals surface area contributed by atoms with E-state index in [4.69, 9.17) is 0 Å². The zero-order chi connectivity index (χ0) is 18.7. The SMILES string of the molecule is Cn1cnnc1-c1cccc(NC(=O)c2ccc(CS(C)(=O)=O)cc2)c1. The molecule has 1 amide bonds. The second-order valence-corrected chi connectivity index (χ2v) is 8.21. The van der Waals surface area contributed by atoms with Gasteiger partial charge in [0.05, 0.1) is 5.75 Å². The van der Waals surface area contributed by atoms with E-state index in [1.807, 2.05) is 25.2 Å². The number of hydrogen-bond donors (Lipinski definition) is 1. The Balaban J connectivity index is 1.75. The largest absolute Gasteiger partial charge is 0.322 e. The van der Waals surface area contributed by atoms with E-state index in [-0.39, 0.29) is 11.7 Å². The standard InChI is InChI=1S/C18H18N4O3S/c1-22-12-19-21-17(22)15-4-3-5-16(10-15)20-18(23)14-8-6-13(7-9-14)11-26(2,24)25/h3-10,12H,11H2,1-2H3,(H,20,23). The van der Waals surface area contributed by atoms with Gasteiger partial charge in [-0.3, -0.25) is 4.79 Å². The molecule has 0 bridgehead atoms. The summed E-state index contributed by atoms with van der Waals surface area (Å²) in [6.07, 6.45) is 2.79. The lowest BCUT2D eigenvalue weighted by molar-refractivity contribution is 0.102. The fraction of sp³-hybridized carbons (Fsp3) is 0.167. The maximum absolute atomic E-state index is 12.4. The van der Waals surface area contributed by atoms with Crippen molar-refractivity contribution in [3.05, 3.63) is 66.0 Å². The Labute approximate surface area is 151 Å². The average molecular weight is 370 g/mol. The number of aryl methyl sites for hydroxylation is 1. The van der Waals surface area contributed by atoms with Gasteiger partial charge in [-0.1, -0.05) is 24.3 Å². The fourth-order valence-electron chi connectivity index (χ4n) is 2.54. The molecule has 0 unspecified atom stereocenters. The van der Waals surface area contributed by atoms with Crippen molar-refractivity contribution in [3.63, 3.8) is 0 Å². The van der Waals surface area contributed by atoms with E-state index in [1.165, 1.54) is 6.26 Å². The van der Waals surface area contributed by atoms with Crippen LogP contribution in [0.2, 0.25) is 0 Å². The summed E-state index contributed by atoms with van der Waals surface area (Å²) in [5.74, 6) is 0.381. The number of carbonyl (C=O) groups is 1. The first-order valence-corrected chi connectivity index (χ1v) is 9.90. The molecule has 8 heteroatoms. The number of carbonyl (C=O) groups excluding carboxylic acids is 1. The summed E-state index contributed by atoms with van der Waals surface area (Å²) in [4.78, 5) is 12.4. The van der Waals surface area contributed by atoms with Gasteiger partial charge >= 0.3 is 0 Å². The zero-order valence-electron chi connectivity index (χ0n) is 14.4. The van der Waals surface area contributed by atoms with Gasteiger partial charge in [0.25, 0.3) is 5.91 Å². The third kappa shape index (κ3) is 4.34. The highest BCUT2D eigenvalue weighted by Gasteiger charge is 2.10. The third-order valence-electron chi connectivity index (χ3n) is 3.74. The molecule has 0 saturated carbocycles. The average Bonchev–Trinajstić information content (AvgIpc) is 3.00. The third-order valence-corrected chi connectivity index (χ3v) is 4.59. The molecule has 1 N–H and O–H groups in total. The molecule has 1 aromatic heterocycles. The fourth-order valence-corrected chi connectivity index (χ4v) is 3.34. The molecule has 7 nitrogen and oxygen atoms in total. The van der Waals surface area contributed by atoms with Crippen molar-refractivity contribution in [2.75, 3.05) is 11.6 Å². The minimum Gasteiger partial charge on any atom is -0.322 e. The van der Waals surface area contributed by atoms with Crippen molar-refractivity contribution < 1.29 is 13.2 Å². The Kier molecular flexibility index (Phi) is 4.85. The van der Waals surface area contributed by atoms with E-state index < -0.39 is 9.84 Å². The number of nitrogens with zero attached hydrogens (tertiary/aromatic N) is 3. The molecule has 1 heterocycles. The molecule has 0 aliphatic heterocycles. The molecule has 0 atom stereocenters. The van der Waals surface area contributed by atoms with Crippen LogP contribution in [-0.2, 0) is 22.6 Å². The minimum absolute atomic E-state index is 0.0470. The Morgan fingerprint density at radius 2 is 1.88 bits per heavy atom. The molecule has 0 spiro atoms. The van der Waals surface area contributed by atoms with Crippen LogP contribution in [0, 0.1) is 0 Å². The highest BCUT2D eigenvalue weighted by atomic mass is 32.2. The van der Waals surface area contributed by atoms with Gasteiger partial charge in [0.1, 0.15) is 6.33 Å². The van der Waals surface area contributed by atoms with Gasteiger partial charge in [0, 0.05) is 30.1 Å². The van der Waals surface area contributed by atoms with Gasteiger partial charge < -0.3 is 9.88 Å². The first kappa shape index (κ1) is 17.8. The lowest BCUT2D eigenvalue weighted by Crippen LogP contribution is -2.12. The molecule has 0 aliphatic rings. The molecule has 0 radical (unpaired) electrons. The van der Waals surface area contributed by atoms with E-state index in [0.29, 0.717) is 22.6 Å². The predicted octanol–water partition coefficient (Wildman–Crippen LogP) is 2.28. The monoisotopic (exact) mass is 370 g/mol. The normalized spacial score (nSPS) is 11.3. The number of nitrogens with one attached hydrogen (secondary N) is 1. The van der Waals surface area contributed by atoms with E-state index in [0.717, 1.165) is 5.56 Å². The van der Waals surface area contributed by atoms with Gasteiger partial charge in [0.2, 0.25) is 0 Å². The van der Waals surface area contributed by atoms with Crippen LogP contribution in [0.5, 0.6) is 0 Å². The maximum atomic E-state index is 12.4. The summed E-state index contributed by atoms with van der Waals surface area (Å²) in [6, 6.07) is 13.8. The summed E-state index contributed by atoms with van der Waals surface area (Å²) < 4.78 is 24.4. The number of rotatable bonds is 5. The lowest BCUT2D eigenvalue weighted by Gasteiger charge is -2.08. The number of hydrogen-bond acceptors (Lipinski definition) is 5. The van der Waals surface area contributed by atoms with Crippen molar-refractivity contribution in [2.45, 2.75) is 5.75 Å². The lowest BCUT2D eigenvalue weighted by atomic mass is 10.1. The maximum Gasteiger partial charge on any atom is 0.255 e. The van der Waals surface area contributed by atoms with E-state index in [1.54, 1.807) is 41.2 Å². The van der Waals surface area contributed by atoms with Gasteiger partial charge in [-0.15, -0.1) is 10.2 Å². The number of sulfone groups is 1. The van der Waals surface area contributed by atoms with Crippen LogP contribution in [0.25, 0.3) is 11.4 Å². The van der Waals surface area contributed by atoms with E-state index in [9.17, 15) is 13.2 Å². The summed E-state index contributed by atoms with van der Waals surface area (Å²) in [7, 11) is -1.26. The van der Waals surface area contributed by atoms with Gasteiger partial charge in [-0.05, 0) is 29.8 Å². The van der Waals surface area contributed by atoms with Gasteiger partial charge in [-0.2, -0.15) is 0 Å². The van der Waals surface area contributed by atoms with Crippen molar-refractivity contribution in [1.82, 2.24) is 14.8 Å². The summed E-state index contributed by atoms with van der Waals surface area (Å²) in [5.41, 5.74) is 2.57. The van der Waals surface area contributed by atoms with Crippen LogP contribution >= 0.6 is 0 Å². The van der Waals surface area contributed by atoms with Crippen LogP contribution in [0.15, 0.2) is 54.9 Å². The molecule has 0 saturated heterocycles. The Morgan fingerprint density at radius 1 is 1.15 bits per heavy atom. The highest BCUT2D eigenvalue weighted by Crippen LogP contribution is 2.20. The van der Waals surface area contributed by atoms with Crippen LogP contribution in [0.3, 0.4) is 0 Å². The zero-order valence-corrected chi connectivity index (χ0v) is 15.2. The predicted molar refractivity (Wildman–Crippen MR) is 99.4 cm³/mol. The summed E-state index contributed by atoms with van der Waals surface area (Å²) >= 11 is 0. The van der Waals surface area contributed by atoms with Crippen molar-refractivity contribution in [3.8, 4) is 11.4 Å². The van der Waals surface area contributed by atoms with Crippen molar-refractivity contribution >= 4 is 21.4 Å².